The Morgan fingerprint density at radius 3 is 2.30 bits per heavy atom. The second-order valence-electron chi connectivity index (χ2n) is 4.47. The minimum Gasteiger partial charge on any atom is -0.497 e. The van der Waals surface area contributed by atoms with E-state index in [4.69, 9.17) is 27.4 Å². The third kappa shape index (κ3) is 3.48. The number of hydrogen-bond donors (Lipinski definition) is 1. The Hall–Kier alpha value is -2.07. The molecule has 0 atom stereocenters. The molecule has 3 nitrogen and oxygen atoms in total. The molecule has 0 aliphatic heterocycles. The van der Waals surface area contributed by atoms with Gasteiger partial charge in [-0.25, -0.2) is 0 Å². The number of aryl methyl sites for hydroxylation is 1. The zero-order chi connectivity index (χ0) is 14.5. The molecular weight excluding hydrogens is 270 g/mol. The molecule has 2 aromatic rings. The van der Waals surface area contributed by atoms with Gasteiger partial charge in [0.1, 0.15) is 23.1 Å². The molecule has 0 aliphatic rings. The molecule has 0 unspecified atom stereocenters. The summed E-state index contributed by atoms with van der Waals surface area (Å²) in [5.41, 5.74) is 8.72. The van der Waals surface area contributed by atoms with Crippen molar-refractivity contribution in [3.63, 3.8) is 0 Å². The minimum atomic E-state index is 0.413. The highest BCUT2D eigenvalue weighted by molar-refractivity contribution is 7.80. The molecule has 4 heteroatoms. The summed E-state index contributed by atoms with van der Waals surface area (Å²) < 4.78 is 10.9. The molecule has 0 spiro atoms. The van der Waals surface area contributed by atoms with E-state index in [1.54, 1.807) is 7.11 Å². The first-order valence-corrected chi connectivity index (χ1v) is 6.67. The molecule has 0 saturated heterocycles. The van der Waals surface area contributed by atoms with Crippen molar-refractivity contribution in [2.75, 3.05) is 7.11 Å². The van der Waals surface area contributed by atoms with Crippen LogP contribution < -0.4 is 15.2 Å². The van der Waals surface area contributed by atoms with Crippen LogP contribution in [0.2, 0.25) is 0 Å². The van der Waals surface area contributed by atoms with Crippen molar-refractivity contribution in [1.29, 1.82) is 0 Å². The molecule has 0 bridgehead atoms. The number of benzene rings is 2. The number of ether oxygens (including phenoxy) is 2. The maximum absolute atomic E-state index is 5.75. The summed E-state index contributed by atoms with van der Waals surface area (Å²) in [5, 5.41) is 0. The molecular formula is C16H17NO2S. The summed E-state index contributed by atoms with van der Waals surface area (Å²) in [6.45, 7) is 2.53. The summed E-state index contributed by atoms with van der Waals surface area (Å²) in [4.78, 5) is 0.413. The summed E-state index contributed by atoms with van der Waals surface area (Å²) in [6.07, 6.45) is 0. The van der Waals surface area contributed by atoms with Gasteiger partial charge in [-0.1, -0.05) is 24.4 Å². The monoisotopic (exact) mass is 287 g/mol. The highest BCUT2D eigenvalue weighted by Crippen LogP contribution is 2.19. The lowest BCUT2D eigenvalue weighted by Gasteiger charge is -2.10. The van der Waals surface area contributed by atoms with Crippen LogP contribution >= 0.6 is 12.2 Å². The zero-order valence-corrected chi connectivity index (χ0v) is 12.4. The second kappa shape index (κ2) is 6.39. The molecule has 0 fully saturated rings. The maximum atomic E-state index is 5.75. The van der Waals surface area contributed by atoms with E-state index in [1.165, 1.54) is 0 Å². The van der Waals surface area contributed by atoms with Crippen LogP contribution in [0.25, 0.3) is 0 Å². The summed E-state index contributed by atoms with van der Waals surface area (Å²) in [5.74, 6) is 1.62. The molecule has 0 heterocycles. The third-order valence-electron chi connectivity index (χ3n) is 3.08. The number of rotatable bonds is 5. The molecule has 0 amide bonds. The van der Waals surface area contributed by atoms with Crippen LogP contribution in [0, 0.1) is 6.92 Å². The van der Waals surface area contributed by atoms with E-state index >= 15 is 0 Å². The van der Waals surface area contributed by atoms with Crippen LogP contribution in [0.3, 0.4) is 0 Å². The van der Waals surface area contributed by atoms with Gasteiger partial charge in [-0.3, -0.25) is 0 Å². The Balaban J connectivity index is 2.04. The van der Waals surface area contributed by atoms with Crippen LogP contribution in [0.4, 0.5) is 0 Å². The van der Waals surface area contributed by atoms with E-state index in [0.717, 1.165) is 28.2 Å². The number of hydrogen-bond acceptors (Lipinski definition) is 3. The predicted octanol–water partition coefficient (Wildman–Crippen LogP) is 3.22. The Kier molecular flexibility index (Phi) is 4.58. The Labute approximate surface area is 124 Å². The first-order chi connectivity index (χ1) is 9.60. The van der Waals surface area contributed by atoms with Gasteiger partial charge in [0.2, 0.25) is 0 Å². The van der Waals surface area contributed by atoms with Gasteiger partial charge in [0, 0.05) is 5.56 Å². The Morgan fingerprint density at radius 1 is 1.10 bits per heavy atom. The van der Waals surface area contributed by atoms with Crippen LogP contribution in [-0.2, 0) is 6.61 Å². The Bertz CT molecular complexity index is 608. The summed E-state index contributed by atoms with van der Waals surface area (Å²) in [7, 11) is 1.64. The molecule has 0 radical (unpaired) electrons. The van der Waals surface area contributed by atoms with Gasteiger partial charge in [0.25, 0.3) is 0 Å². The van der Waals surface area contributed by atoms with E-state index in [9.17, 15) is 0 Å². The van der Waals surface area contributed by atoms with E-state index in [0.29, 0.717) is 11.6 Å². The van der Waals surface area contributed by atoms with Gasteiger partial charge in [-0.15, -0.1) is 0 Å². The van der Waals surface area contributed by atoms with Crippen molar-refractivity contribution in [2.24, 2.45) is 5.73 Å². The van der Waals surface area contributed by atoms with Crippen LogP contribution in [0.5, 0.6) is 11.5 Å². The van der Waals surface area contributed by atoms with Gasteiger partial charge in [0.05, 0.1) is 7.11 Å². The van der Waals surface area contributed by atoms with Crippen molar-refractivity contribution in [1.82, 2.24) is 0 Å². The van der Waals surface area contributed by atoms with Crippen LogP contribution in [-0.4, -0.2) is 12.1 Å². The fourth-order valence-corrected chi connectivity index (χ4v) is 1.97. The minimum absolute atomic E-state index is 0.413. The van der Waals surface area contributed by atoms with E-state index in [2.05, 4.69) is 0 Å². The molecule has 0 aromatic heterocycles. The van der Waals surface area contributed by atoms with E-state index < -0.39 is 0 Å². The second-order valence-corrected chi connectivity index (χ2v) is 4.91. The fraction of sp³-hybridized carbons (Fsp3) is 0.188. The van der Waals surface area contributed by atoms with Crippen LogP contribution in [0.15, 0.2) is 42.5 Å². The predicted molar refractivity (Wildman–Crippen MR) is 84.4 cm³/mol. The number of methoxy groups -OCH3 is 1. The SMILES string of the molecule is COc1ccc(OCc2ccc(C(N)=S)cc2C)cc1. The smallest absolute Gasteiger partial charge is 0.120 e. The molecule has 2 N–H and O–H groups in total. The third-order valence-corrected chi connectivity index (χ3v) is 3.32. The molecule has 0 aliphatic carbocycles. The van der Waals surface area contributed by atoms with Crippen molar-refractivity contribution < 1.29 is 9.47 Å². The first-order valence-electron chi connectivity index (χ1n) is 6.26. The normalized spacial score (nSPS) is 10.1. The fourth-order valence-electron chi connectivity index (χ4n) is 1.84. The quantitative estimate of drug-likeness (QED) is 0.858. The van der Waals surface area contributed by atoms with Crippen molar-refractivity contribution in [3.05, 3.63) is 59.2 Å². The summed E-state index contributed by atoms with van der Waals surface area (Å²) in [6, 6.07) is 13.4. The topological polar surface area (TPSA) is 44.5 Å². The average molecular weight is 287 g/mol. The summed E-state index contributed by atoms with van der Waals surface area (Å²) >= 11 is 4.96. The zero-order valence-electron chi connectivity index (χ0n) is 11.6. The highest BCUT2D eigenvalue weighted by atomic mass is 32.1. The molecule has 2 aromatic carbocycles. The van der Waals surface area contributed by atoms with Crippen molar-refractivity contribution in [3.8, 4) is 11.5 Å². The molecule has 2 rings (SSSR count). The van der Waals surface area contributed by atoms with Gasteiger partial charge >= 0.3 is 0 Å². The maximum Gasteiger partial charge on any atom is 0.120 e. The lowest BCUT2D eigenvalue weighted by atomic mass is 10.1. The first kappa shape index (κ1) is 14.3. The molecule has 20 heavy (non-hydrogen) atoms. The lowest BCUT2D eigenvalue weighted by molar-refractivity contribution is 0.304. The van der Waals surface area contributed by atoms with Crippen molar-refractivity contribution >= 4 is 17.2 Å². The largest absolute Gasteiger partial charge is 0.497 e. The van der Waals surface area contributed by atoms with Gasteiger partial charge in [0.15, 0.2) is 0 Å². The lowest BCUT2D eigenvalue weighted by Crippen LogP contribution is -2.10. The Morgan fingerprint density at radius 2 is 1.75 bits per heavy atom. The van der Waals surface area contributed by atoms with Gasteiger partial charge in [-0.2, -0.15) is 0 Å². The standard InChI is InChI=1S/C16H17NO2S/c1-11-9-12(16(17)20)3-4-13(11)10-19-15-7-5-14(18-2)6-8-15/h3-9H,10H2,1-2H3,(H2,17,20). The molecule has 0 saturated carbocycles. The highest BCUT2D eigenvalue weighted by Gasteiger charge is 2.03. The number of nitrogens with two attached hydrogens (primary N) is 1. The van der Waals surface area contributed by atoms with Gasteiger partial charge in [-0.05, 0) is 48.4 Å². The number of thiocarbonyl (C=S) groups is 1. The van der Waals surface area contributed by atoms with Crippen molar-refractivity contribution in [2.45, 2.75) is 13.5 Å². The van der Waals surface area contributed by atoms with Gasteiger partial charge < -0.3 is 15.2 Å². The van der Waals surface area contributed by atoms with E-state index in [-0.39, 0.29) is 0 Å². The average Bonchev–Trinajstić information content (AvgIpc) is 2.46. The van der Waals surface area contributed by atoms with E-state index in [1.807, 2.05) is 49.4 Å². The van der Waals surface area contributed by atoms with Crippen LogP contribution in [0.1, 0.15) is 16.7 Å². The molecule has 104 valence electrons.